The molecule has 0 aromatic carbocycles. The summed E-state index contributed by atoms with van der Waals surface area (Å²) in [6.07, 6.45) is 2.65. The normalized spacial score (nSPS) is 9.89. The van der Waals surface area contributed by atoms with Crippen LogP contribution in [0.4, 0.5) is 5.69 Å². The highest BCUT2D eigenvalue weighted by Gasteiger charge is 2.17. The third-order valence-electron chi connectivity index (χ3n) is 2.26. The molecule has 3 N–H and O–H groups in total. The van der Waals surface area contributed by atoms with Gasteiger partial charge in [0, 0.05) is 12.4 Å². The first-order valence-corrected chi connectivity index (χ1v) is 5.23. The fraction of sp³-hybridized carbons (Fsp3) is 0. The number of aromatic carboxylic acids is 1. The summed E-state index contributed by atoms with van der Waals surface area (Å²) in [6.45, 7) is 0. The second-order valence-electron chi connectivity index (χ2n) is 3.53. The summed E-state index contributed by atoms with van der Waals surface area (Å²) in [4.78, 5) is 30.2. The Balaban J connectivity index is 2.30. The molecule has 0 saturated heterocycles. The van der Waals surface area contributed by atoms with Gasteiger partial charge in [-0.2, -0.15) is 0 Å². The summed E-state index contributed by atoms with van der Waals surface area (Å²) in [5.74, 6) is -2.27. The Morgan fingerprint density at radius 3 is 2.32 bits per heavy atom. The first-order valence-electron chi connectivity index (χ1n) is 5.23. The van der Waals surface area contributed by atoms with Crippen LogP contribution in [-0.4, -0.2) is 32.1 Å². The van der Waals surface area contributed by atoms with Crippen LogP contribution in [0.1, 0.15) is 21.0 Å². The van der Waals surface area contributed by atoms with E-state index in [-0.39, 0.29) is 22.8 Å². The molecular weight excluding hydrogens is 250 g/mol. The third-order valence-corrected chi connectivity index (χ3v) is 2.26. The smallest absolute Gasteiger partial charge is 0.356 e. The van der Waals surface area contributed by atoms with Crippen molar-refractivity contribution in [3.8, 4) is 5.75 Å². The summed E-state index contributed by atoms with van der Waals surface area (Å²) in [5, 5.41) is 20.8. The number of nitrogens with zero attached hydrogens (tertiary/aromatic N) is 2. The average molecular weight is 259 g/mol. The number of pyridine rings is 2. The molecule has 0 aliphatic rings. The SMILES string of the molecule is O=C(Nc1cccnc1C(=O)O)c1ncccc1O. The zero-order valence-electron chi connectivity index (χ0n) is 9.57. The fourth-order valence-electron chi connectivity index (χ4n) is 1.43. The molecule has 2 heterocycles. The van der Waals surface area contributed by atoms with Gasteiger partial charge >= 0.3 is 5.97 Å². The maximum absolute atomic E-state index is 11.9. The Morgan fingerprint density at radius 1 is 1.05 bits per heavy atom. The van der Waals surface area contributed by atoms with E-state index in [0.29, 0.717) is 0 Å². The largest absolute Gasteiger partial charge is 0.505 e. The minimum atomic E-state index is -1.26. The van der Waals surface area contributed by atoms with Crippen molar-refractivity contribution >= 4 is 17.6 Å². The number of carboxylic acid groups (broad SMARTS) is 1. The minimum Gasteiger partial charge on any atom is -0.505 e. The van der Waals surface area contributed by atoms with E-state index >= 15 is 0 Å². The molecule has 7 nitrogen and oxygen atoms in total. The van der Waals surface area contributed by atoms with Crippen molar-refractivity contribution in [3.05, 3.63) is 48.0 Å². The minimum absolute atomic E-state index is 0.0325. The number of nitrogens with one attached hydrogen (secondary N) is 1. The van der Waals surface area contributed by atoms with Crippen LogP contribution >= 0.6 is 0 Å². The first-order chi connectivity index (χ1) is 9.09. The van der Waals surface area contributed by atoms with E-state index < -0.39 is 11.9 Å². The average Bonchev–Trinajstić information content (AvgIpc) is 2.39. The summed E-state index contributed by atoms with van der Waals surface area (Å²) in [5.41, 5.74) is -0.445. The number of carbonyl (C=O) groups excluding carboxylic acids is 1. The lowest BCUT2D eigenvalue weighted by molar-refractivity contribution is 0.0691. The number of anilines is 1. The maximum Gasteiger partial charge on any atom is 0.356 e. The summed E-state index contributed by atoms with van der Waals surface area (Å²) in [7, 11) is 0. The maximum atomic E-state index is 11.9. The molecule has 0 unspecified atom stereocenters. The molecule has 2 rings (SSSR count). The Labute approximate surface area is 107 Å². The molecule has 96 valence electrons. The van der Waals surface area contributed by atoms with Crippen molar-refractivity contribution in [2.75, 3.05) is 5.32 Å². The number of aromatic nitrogens is 2. The van der Waals surface area contributed by atoms with Gasteiger partial charge in [0.2, 0.25) is 0 Å². The van der Waals surface area contributed by atoms with Crippen LogP contribution in [0, 0.1) is 0 Å². The van der Waals surface area contributed by atoms with Crippen LogP contribution in [0.3, 0.4) is 0 Å². The number of hydrogen-bond donors (Lipinski definition) is 3. The molecule has 0 fully saturated rings. The molecule has 0 saturated carbocycles. The quantitative estimate of drug-likeness (QED) is 0.761. The summed E-state index contributed by atoms with van der Waals surface area (Å²) >= 11 is 0. The molecular formula is C12H9N3O4. The molecule has 0 spiro atoms. The van der Waals surface area contributed by atoms with Crippen molar-refractivity contribution in [2.45, 2.75) is 0 Å². The molecule has 0 radical (unpaired) electrons. The number of carboxylic acids is 1. The van der Waals surface area contributed by atoms with Crippen LogP contribution in [-0.2, 0) is 0 Å². The van der Waals surface area contributed by atoms with Gasteiger partial charge in [-0.05, 0) is 24.3 Å². The van der Waals surface area contributed by atoms with Crippen molar-refractivity contribution in [2.24, 2.45) is 0 Å². The number of rotatable bonds is 3. The van der Waals surface area contributed by atoms with Crippen LogP contribution in [0.15, 0.2) is 36.7 Å². The Bertz CT molecular complexity index is 642. The van der Waals surface area contributed by atoms with Crippen molar-refractivity contribution in [1.82, 2.24) is 9.97 Å². The Hall–Kier alpha value is -2.96. The van der Waals surface area contributed by atoms with Gasteiger partial charge in [0.1, 0.15) is 5.75 Å². The number of carbonyl (C=O) groups is 2. The fourth-order valence-corrected chi connectivity index (χ4v) is 1.43. The molecule has 0 bridgehead atoms. The number of aromatic hydroxyl groups is 1. The van der Waals surface area contributed by atoms with Crippen molar-refractivity contribution < 1.29 is 19.8 Å². The highest BCUT2D eigenvalue weighted by atomic mass is 16.4. The van der Waals surface area contributed by atoms with Gasteiger partial charge in [0.25, 0.3) is 5.91 Å². The molecule has 0 aliphatic carbocycles. The second-order valence-corrected chi connectivity index (χ2v) is 3.53. The molecule has 7 heteroatoms. The van der Waals surface area contributed by atoms with Crippen LogP contribution in [0.5, 0.6) is 5.75 Å². The second kappa shape index (κ2) is 5.13. The van der Waals surface area contributed by atoms with Crippen LogP contribution in [0.2, 0.25) is 0 Å². The predicted molar refractivity (Wildman–Crippen MR) is 65.1 cm³/mol. The van der Waals surface area contributed by atoms with E-state index in [2.05, 4.69) is 15.3 Å². The lowest BCUT2D eigenvalue weighted by Crippen LogP contribution is -2.16. The zero-order chi connectivity index (χ0) is 13.8. The van der Waals surface area contributed by atoms with E-state index in [1.165, 1.54) is 36.7 Å². The first kappa shape index (κ1) is 12.5. The van der Waals surface area contributed by atoms with E-state index in [1.54, 1.807) is 0 Å². The molecule has 19 heavy (non-hydrogen) atoms. The Kier molecular flexibility index (Phi) is 3.37. The topological polar surface area (TPSA) is 112 Å². The van der Waals surface area contributed by atoms with Gasteiger partial charge in [-0.25, -0.2) is 14.8 Å². The summed E-state index contributed by atoms with van der Waals surface area (Å²) in [6, 6.07) is 5.66. The van der Waals surface area contributed by atoms with E-state index in [4.69, 9.17) is 5.11 Å². The molecule has 2 aromatic rings. The Morgan fingerprint density at radius 2 is 1.68 bits per heavy atom. The van der Waals surface area contributed by atoms with Crippen LogP contribution in [0.25, 0.3) is 0 Å². The monoisotopic (exact) mass is 259 g/mol. The van der Waals surface area contributed by atoms with E-state index in [9.17, 15) is 14.7 Å². The highest BCUT2D eigenvalue weighted by molar-refractivity contribution is 6.07. The lowest BCUT2D eigenvalue weighted by atomic mass is 10.2. The number of amides is 1. The zero-order valence-corrected chi connectivity index (χ0v) is 9.57. The lowest BCUT2D eigenvalue weighted by Gasteiger charge is -2.07. The predicted octanol–water partition coefficient (Wildman–Crippen LogP) is 1.13. The molecule has 2 aromatic heterocycles. The molecule has 0 atom stereocenters. The van der Waals surface area contributed by atoms with E-state index in [1.807, 2.05) is 0 Å². The van der Waals surface area contributed by atoms with Gasteiger partial charge in [0.05, 0.1) is 5.69 Å². The highest BCUT2D eigenvalue weighted by Crippen LogP contribution is 2.17. The third kappa shape index (κ3) is 2.65. The van der Waals surface area contributed by atoms with Gasteiger partial charge < -0.3 is 15.5 Å². The number of hydrogen-bond acceptors (Lipinski definition) is 5. The standard InChI is InChI=1S/C12H9N3O4/c16-8-4-2-6-14-10(8)11(17)15-7-3-1-5-13-9(7)12(18)19/h1-6,16H,(H,15,17)(H,18,19). The van der Waals surface area contributed by atoms with Gasteiger partial charge in [-0.3, -0.25) is 4.79 Å². The van der Waals surface area contributed by atoms with Gasteiger partial charge in [-0.1, -0.05) is 0 Å². The van der Waals surface area contributed by atoms with Crippen molar-refractivity contribution in [3.63, 3.8) is 0 Å². The van der Waals surface area contributed by atoms with E-state index in [0.717, 1.165) is 0 Å². The van der Waals surface area contributed by atoms with Crippen LogP contribution < -0.4 is 5.32 Å². The molecule has 0 aliphatic heterocycles. The van der Waals surface area contributed by atoms with Gasteiger partial charge in [-0.15, -0.1) is 0 Å². The van der Waals surface area contributed by atoms with Gasteiger partial charge in [0.15, 0.2) is 11.4 Å². The summed E-state index contributed by atoms with van der Waals surface area (Å²) < 4.78 is 0. The van der Waals surface area contributed by atoms with Crippen molar-refractivity contribution in [1.29, 1.82) is 0 Å². The molecule has 1 amide bonds.